The van der Waals surface area contributed by atoms with E-state index in [0.717, 1.165) is 0 Å². The summed E-state index contributed by atoms with van der Waals surface area (Å²) in [5, 5.41) is 15.8. The second-order valence-electron chi connectivity index (χ2n) is 4.62. The highest BCUT2D eigenvalue weighted by molar-refractivity contribution is 5.82. The third-order valence-electron chi connectivity index (χ3n) is 3.19. The summed E-state index contributed by atoms with van der Waals surface area (Å²) in [4.78, 5) is 11.9. The molecule has 0 aromatic heterocycles. The Balaban J connectivity index is 1.84. The monoisotopic (exact) mass is 280 g/mol. The summed E-state index contributed by atoms with van der Waals surface area (Å²) < 4.78 is 10.3. The maximum Gasteiger partial charge on any atom is 0.239 e. The van der Waals surface area contributed by atoms with Crippen LogP contribution in [0, 0.1) is 0 Å². The number of aliphatic hydroxyl groups excluding tert-OH is 1. The summed E-state index contributed by atoms with van der Waals surface area (Å²) in [5.41, 5.74) is 0.706. The van der Waals surface area contributed by atoms with E-state index in [2.05, 4.69) is 10.6 Å². The van der Waals surface area contributed by atoms with Crippen molar-refractivity contribution < 1.29 is 19.4 Å². The number of morpholine rings is 1. The van der Waals surface area contributed by atoms with Gasteiger partial charge in [-0.15, -0.1) is 0 Å². The van der Waals surface area contributed by atoms with Crippen molar-refractivity contribution in [1.82, 2.24) is 10.6 Å². The molecular weight excluding hydrogens is 260 g/mol. The molecule has 20 heavy (non-hydrogen) atoms. The molecule has 0 aliphatic carbocycles. The molecule has 6 nitrogen and oxygen atoms in total. The van der Waals surface area contributed by atoms with E-state index < -0.39 is 6.10 Å². The first-order chi connectivity index (χ1) is 9.70. The molecule has 1 saturated heterocycles. The van der Waals surface area contributed by atoms with E-state index >= 15 is 0 Å². The Morgan fingerprint density at radius 2 is 2.50 bits per heavy atom. The van der Waals surface area contributed by atoms with E-state index in [1.54, 1.807) is 31.4 Å². The zero-order chi connectivity index (χ0) is 14.4. The molecule has 0 spiro atoms. The molecule has 1 aromatic rings. The molecule has 0 bridgehead atoms. The van der Waals surface area contributed by atoms with E-state index in [0.29, 0.717) is 31.1 Å². The first kappa shape index (κ1) is 14.8. The lowest BCUT2D eigenvalue weighted by atomic mass is 10.1. The number of hydrogen-bond donors (Lipinski definition) is 3. The van der Waals surface area contributed by atoms with Crippen molar-refractivity contribution in [3.63, 3.8) is 0 Å². The number of benzene rings is 1. The molecule has 6 heteroatoms. The summed E-state index contributed by atoms with van der Waals surface area (Å²) in [6.45, 7) is 1.80. The van der Waals surface area contributed by atoms with Crippen molar-refractivity contribution >= 4 is 5.91 Å². The zero-order valence-corrected chi connectivity index (χ0v) is 11.5. The number of aliphatic hydroxyl groups is 1. The van der Waals surface area contributed by atoms with Gasteiger partial charge in [-0.3, -0.25) is 4.79 Å². The summed E-state index contributed by atoms with van der Waals surface area (Å²) >= 11 is 0. The van der Waals surface area contributed by atoms with Gasteiger partial charge in [-0.05, 0) is 17.7 Å². The Labute approximate surface area is 118 Å². The van der Waals surface area contributed by atoms with Gasteiger partial charge in [0.2, 0.25) is 5.91 Å². The van der Waals surface area contributed by atoms with Crippen molar-refractivity contribution in [3.8, 4) is 5.75 Å². The van der Waals surface area contributed by atoms with Crippen LogP contribution in [0.5, 0.6) is 5.75 Å². The van der Waals surface area contributed by atoms with E-state index in [1.165, 1.54) is 0 Å². The number of amides is 1. The highest BCUT2D eigenvalue weighted by Crippen LogP contribution is 2.18. The fourth-order valence-electron chi connectivity index (χ4n) is 2.02. The highest BCUT2D eigenvalue weighted by atomic mass is 16.5. The quantitative estimate of drug-likeness (QED) is 0.698. The summed E-state index contributed by atoms with van der Waals surface area (Å²) in [7, 11) is 1.57. The minimum Gasteiger partial charge on any atom is -0.497 e. The fraction of sp³-hybridized carbons (Fsp3) is 0.500. The Morgan fingerprint density at radius 1 is 1.65 bits per heavy atom. The number of methoxy groups -OCH3 is 1. The number of carbonyl (C=O) groups is 1. The van der Waals surface area contributed by atoms with E-state index in [-0.39, 0.29) is 18.5 Å². The van der Waals surface area contributed by atoms with E-state index in [9.17, 15) is 9.90 Å². The minimum atomic E-state index is -0.765. The maximum absolute atomic E-state index is 11.9. The largest absolute Gasteiger partial charge is 0.497 e. The van der Waals surface area contributed by atoms with Crippen molar-refractivity contribution in [3.05, 3.63) is 29.8 Å². The van der Waals surface area contributed by atoms with Crippen LogP contribution in [0.3, 0.4) is 0 Å². The third-order valence-corrected chi connectivity index (χ3v) is 3.19. The van der Waals surface area contributed by atoms with Crippen molar-refractivity contribution in [2.24, 2.45) is 0 Å². The number of ether oxygens (including phenoxy) is 2. The van der Waals surface area contributed by atoms with Gasteiger partial charge in [-0.1, -0.05) is 12.1 Å². The van der Waals surface area contributed by atoms with Gasteiger partial charge in [0, 0.05) is 13.1 Å². The summed E-state index contributed by atoms with van der Waals surface area (Å²) in [5.74, 6) is 0.516. The molecule has 3 N–H and O–H groups in total. The van der Waals surface area contributed by atoms with Crippen molar-refractivity contribution in [2.45, 2.75) is 12.1 Å². The molecule has 1 amide bonds. The van der Waals surface area contributed by atoms with Gasteiger partial charge < -0.3 is 25.2 Å². The molecule has 0 unspecified atom stereocenters. The van der Waals surface area contributed by atoms with Crippen LogP contribution in [0.25, 0.3) is 0 Å². The molecule has 1 fully saturated rings. The van der Waals surface area contributed by atoms with Gasteiger partial charge in [0.05, 0.1) is 26.4 Å². The van der Waals surface area contributed by atoms with E-state index in [1.807, 2.05) is 0 Å². The summed E-state index contributed by atoms with van der Waals surface area (Å²) in [6, 6.07) is 6.80. The summed E-state index contributed by atoms with van der Waals surface area (Å²) in [6.07, 6.45) is -0.765. The molecule has 1 aromatic carbocycles. The predicted octanol–water partition coefficient (Wildman–Crippen LogP) is -0.167. The van der Waals surface area contributed by atoms with Crippen LogP contribution in [0.2, 0.25) is 0 Å². The zero-order valence-electron chi connectivity index (χ0n) is 11.5. The van der Waals surface area contributed by atoms with Gasteiger partial charge in [0.25, 0.3) is 0 Å². The molecule has 1 aliphatic rings. The first-order valence-electron chi connectivity index (χ1n) is 6.61. The number of carbonyl (C=O) groups excluding carboxylic acids is 1. The fourth-order valence-corrected chi connectivity index (χ4v) is 2.02. The predicted molar refractivity (Wildman–Crippen MR) is 73.6 cm³/mol. The molecule has 1 aliphatic heterocycles. The second-order valence-corrected chi connectivity index (χ2v) is 4.62. The van der Waals surface area contributed by atoms with Crippen LogP contribution in [0.4, 0.5) is 0 Å². The van der Waals surface area contributed by atoms with Crippen molar-refractivity contribution in [1.29, 1.82) is 0 Å². The number of hydrogen-bond acceptors (Lipinski definition) is 5. The first-order valence-corrected chi connectivity index (χ1v) is 6.61. The Kier molecular flexibility index (Phi) is 5.34. The SMILES string of the molecule is COc1cccc([C@@H](O)CNC(=O)[C@H]2COCCN2)c1. The molecule has 2 rings (SSSR count). The normalized spacial score (nSPS) is 20.2. The van der Waals surface area contributed by atoms with Gasteiger partial charge in [0.15, 0.2) is 0 Å². The molecular formula is C14H20N2O4. The standard InChI is InChI=1S/C14H20N2O4/c1-19-11-4-2-3-10(7-11)13(17)8-16-14(18)12-9-20-6-5-15-12/h2-4,7,12-13,15,17H,5-6,8-9H2,1H3,(H,16,18)/t12-,13+/m1/s1. The Morgan fingerprint density at radius 3 is 3.20 bits per heavy atom. The van der Waals surface area contributed by atoms with Crippen LogP contribution in [0.1, 0.15) is 11.7 Å². The molecule has 2 atom stereocenters. The molecule has 110 valence electrons. The molecule has 0 radical (unpaired) electrons. The van der Waals surface area contributed by atoms with Gasteiger partial charge in [-0.2, -0.15) is 0 Å². The topological polar surface area (TPSA) is 79.8 Å². The second kappa shape index (κ2) is 7.23. The average Bonchev–Trinajstić information content (AvgIpc) is 2.53. The lowest BCUT2D eigenvalue weighted by Crippen LogP contribution is -2.51. The maximum atomic E-state index is 11.9. The van der Waals surface area contributed by atoms with Crippen LogP contribution < -0.4 is 15.4 Å². The van der Waals surface area contributed by atoms with Crippen molar-refractivity contribution in [2.75, 3.05) is 33.4 Å². The highest BCUT2D eigenvalue weighted by Gasteiger charge is 2.21. The Hall–Kier alpha value is -1.63. The van der Waals surface area contributed by atoms with Crippen LogP contribution in [-0.4, -0.2) is 50.5 Å². The minimum absolute atomic E-state index is 0.157. The molecule has 0 saturated carbocycles. The van der Waals surface area contributed by atoms with Gasteiger partial charge in [0.1, 0.15) is 11.8 Å². The lowest BCUT2D eigenvalue weighted by molar-refractivity contribution is -0.126. The van der Waals surface area contributed by atoms with Crippen LogP contribution in [0.15, 0.2) is 24.3 Å². The van der Waals surface area contributed by atoms with Gasteiger partial charge in [-0.25, -0.2) is 0 Å². The average molecular weight is 280 g/mol. The third kappa shape index (κ3) is 3.93. The van der Waals surface area contributed by atoms with Crippen LogP contribution in [-0.2, 0) is 9.53 Å². The Bertz CT molecular complexity index is 447. The molecule has 1 heterocycles. The number of rotatable bonds is 5. The smallest absolute Gasteiger partial charge is 0.239 e. The lowest BCUT2D eigenvalue weighted by Gasteiger charge is -2.23. The number of nitrogens with one attached hydrogen (secondary N) is 2. The van der Waals surface area contributed by atoms with Crippen LogP contribution >= 0.6 is 0 Å². The van der Waals surface area contributed by atoms with Gasteiger partial charge >= 0.3 is 0 Å². The van der Waals surface area contributed by atoms with E-state index in [4.69, 9.17) is 9.47 Å².